The molecular formula is C12H17NO2. The Labute approximate surface area is 90.4 Å². The SMILES string of the molecule is CCOCCc1ccc(NC(C)=O)cc1. The Morgan fingerprint density at radius 2 is 2.00 bits per heavy atom. The lowest BCUT2D eigenvalue weighted by Crippen LogP contribution is -2.05. The summed E-state index contributed by atoms with van der Waals surface area (Å²) < 4.78 is 5.26. The molecule has 0 radical (unpaired) electrons. The van der Waals surface area contributed by atoms with Crippen LogP contribution in [0.15, 0.2) is 24.3 Å². The van der Waals surface area contributed by atoms with E-state index in [9.17, 15) is 4.79 Å². The van der Waals surface area contributed by atoms with Crippen molar-refractivity contribution in [3.63, 3.8) is 0 Å². The number of ether oxygens (including phenoxy) is 1. The lowest BCUT2D eigenvalue weighted by Gasteiger charge is -2.04. The molecule has 82 valence electrons. The topological polar surface area (TPSA) is 38.3 Å². The van der Waals surface area contributed by atoms with Gasteiger partial charge in [0.1, 0.15) is 0 Å². The van der Waals surface area contributed by atoms with E-state index in [-0.39, 0.29) is 5.91 Å². The van der Waals surface area contributed by atoms with Gasteiger partial charge in [0.15, 0.2) is 0 Å². The van der Waals surface area contributed by atoms with Gasteiger partial charge in [-0.1, -0.05) is 12.1 Å². The molecule has 1 aromatic rings. The van der Waals surface area contributed by atoms with E-state index in [0.717, 1.165) is 25.3 Å². The van der Waals surface area contributed by atoms with Gasteiger partial charge in [-0.25, -0.2) is 0 Å². The highest BCUT2D eigenvalue weighted by molar-refractivity contribution is 5.88. The van der Waals surface area contributed by atoms with Crippen LogP contribution >= 0.6 is 0 Å². The van der Waals surface area contributed by atoms with Crippen LogP contribution in [0.5, 0.6) is 0 Å². The van der Waals surface area contributed by atoms with E-state index in [2.05, 4.69) is 5.32 Å². The summed E-state index contributed by atoms with van der Waals surface area (Å²) in [5, 5.41) is 2.73. The summed E-state index contributed by atoms with van der Waals surface area (Å²) in [7, 11) is 0. The van der Waals surface area contributed by atoms with Gasteiger partial charge in [0.05, 0.1) is 6.61 Å². The van der Waals surface area contributed by atoms with Gasteiger partial charge in [0.25, 0.3) is 0 Å². The smallest absolute Gasteiger partial charge is 0.221 e. The van der Waals surface area contributed by atoms with Crippen molar-refractivity contribution in [2.24, 2.45) is 0 Å². The van der Waals surface area contributed by atoms with E-state index in [1.165, 1.54) is 12.5 Å². The Kier molecular flexibility index (Phi) is 4.84. The van der Waals surface area contributed by atoms with Gasteiger partial charge in [-0.2, -0.15) is 0 Å². The molecule has 0 aliphatic heterocycles. The van der Waals surface area contributed by atoms with Crippen molar-refractivity contribution >= 4 is 11.6 Å². The third-order valence-electron chi connectivity index (χ3n) is 2.01. The molecule has 0 bridgehead atoms. The van der Waals surface area contributed by atoms with E-state index in [4.69, 9.17) is 4.74 Å². The maximum absolute atomic E-state index is 10.8. The first kappa shape index (κ1) is 11.7. The highest BCUT2D eigenvalue weighted by Gasteiger charge is 1.96. The van der Waals surface area contributed by atoms with Crippen molar-refractivity contribution in [1.29, 1.82) is 0 Å². The summed E-state index contributed by atoms with van der Waals surface area (Å²) in [4.78, 5) is 10.8. The van der Waals surface area contributed by atoms with Gasteiger partial charge in [0.2, 0.25) is 5.91 Å². The van der Waals surface area contributed by atoms with Crippen LogP contribution in [0.2, 0.25) is 0 Å². The number of benzene rings is 1. The summed E-state index contributed by atoms with van der Waals surface area (Å²) in [5.41, 5.74) is 2.06. The van der Waals surface area contributed by atoms with Crippen LogP contribution in [0, 0.1) is 0 Å². The fraction of sp³-hybridized carbons (Fsp3) is 0.417. The molecule has 3 nitrogen and oxygen atoms in total. The number of carbonyl (C=O) groups excluding carboxylic acids is 1. The molecule has 0 spiro atoms. The fourth-order valence-electron chi connectivity index (χ4n) is 1.29. The van der Waals surface area contributed by atoms with Gasteiger partial charge >= 0.3 is 0 Å². The van der Waals surface area contributed by atoms with Crippen molar-refractivity contribution in [3.8, 4) is 0 Å². The molecule has 3 heteroatoms. The Morgan fingerprint density at radius 1 is 1.33 bits per heavy atom. The van der Waals surface area contributed by atoms with Crippen LogP contribution in [0.3, 0.4) is 0 Å². The van der Waals surface area contributed by atoms with Crippen molar-refractivity contribution in [2.75, 3.05) is 18.5 Å². The number of hydrogen-bond acceptors (Lipinski definition) is 2. The van der Waals surface area contributed by atoms with Crippen molar-refractivity contribution in [3.05, 3.63) is 29.8 Å². The molecule has 1 rings (SSSR count). The molecule has 0 saturated carbocycles. The molecule has 0 atom stereocenters. The average Bonchev–Trinajstić information content (AvgIpc) is 2.20. The fourth-order valence-corrected chi connectivity index (χ4v) is 1.29. The Bertz CT molecular complexity index is 306. The predicted molar refractivity (Wildman–Crippen MR) is 60.9 cm³/mol. The number of carbonyl (C=O) groups is 1. The van der Waals surface area contributed by atoms with E-state index < -0.39 is 0 Å². The van der Waals surface area contributed by atoms with E-state index >= 15 is 0 Å². The number of rotatable bonds is 5. The van der Waals surface area contributed by atoms with Gasteiger partial charge in [-0.05, 0) is 31.0 Å². The number of anilines is 1. The summed E-state index contributed by atoms with van der Waals surface area (Å²) in [6.07, 6.45) is 0.911. The zero-order valence-corrected chi connectivity index (χ0v) is 9.25. The zero-order chi connectivity index (χ0) is 11.1. The Hall–Kier alpha value is -1.35. The second-order valence-corrected chi connectivity index (χ2v) is 3.33. The van der Waals surface area contributed by atoms with Gasteiger partial charge in [0, 0.05) is 19.2 Å². The predicted octanol–water partition coefficient (Wildman–Crippen LogP) is 2.22. The van der Waals surface area contributed by atoms with Crippen LogP contribution in [0.1, 0.15) is 19.4 Å². The molecule has 0 aromatic heterocycles. The molecule has 1 aromatic carbocycles. The van der Waals surface area contributed by atoms with E-state index in [1.54, 1.807) is 0 Å². The molecule has 0 aliphatic carbocycles. The van der Waals surface area contributed by atoms with Crippen molar-refractivity contribution in [2.45, 2.75) is 20.3 Å². The summed E-state index contributed by atoms with van der Waals surface area (Å²) in [6.45, 7) is 4.99. The maximum atomic E-state index is 10.8. The molecule has 1 amide bonds. The van der Waals surface area contributed by atoms with Gasteiger partial charge < -0.3 is 10.1 Å². The monoisotopic (exact) mass is 207 g/mol. The minimum absolute atomic E-state index is 0.0444. The lowest BCUT2D eigenvalue weighted by molar-refractivity contribution is -0.114. The Balaban J connectivity index is 2.45. The summed E-state index contributed by atoms with van der Waals surface area (Å²) in [6, 6.07) is 7.82. The van der Waals surface area contributed by atoms with E-state index in [1.807, 2.05) is 31.2 Å². The first-order valence-electron chi connectivity index (χ1n) is 5.16. The number of amides is 1. The van der Waals surface area contributed by atoms with Crippen LogP contribution < -0.4 is 5.32 Å². The molecule has 15 heavy (non-hydrogen) atoms. The summed E-state index contributed by atoms with van der Waals surface area (Å²) in [5.74, 6) is -0.0444. The van der Waals surface area contributed by atoms with Crippen LogP contribution in [-0.2, 0) is 16.0 Å². The number of nitrogens with one attached hydrogen (secondary N) is 1. The van der Waals surface area contributed by atoms with Gasteiger partial charge in [-0.3, -0.25) is 4.79 Å². The normalized spacial score (nSPS) is 10.0. The first-order valence-corrected chi connectivity index (χ1v) is 5.16. The van der Waals surface area contributed by atoms with Crippen LogP contribution in [0.4, 0.5) is 5.69 Å². The minimum atomic E-state index is -0.0444. The van der Waals surface area contributed by atoms with E-state index in [0.29, 0.717) is 0 Å². The summed E-state index contributed by atoms with van der Waals surface area (Å²) >= 11 is 0. The minimum Gasteiger partial charge on any atom is -0.381 e. The second-order valence-electron chi connectivity index (χ2n) is 3.33. The molecule has 0 heterocycles. The lowest BCUT2D eigenvalue weighted by atomic mass is 10.1. The first-order chi connectivity index (χ1) is 7.22. The van der Waals surface area contributed by atoms with Crippen molar-refractivity contribution < 1.29 is 9.53 Å². The van der Waals surface area contributed by atoms with Gasteiger partial charge in [-0.15, -0.1) is 0 Å². The zero-order valence-electron chi connectivity index (χ0n) is 9.25. The average molecular weight is 207 g/mol. The standard InChI is InChI=1S/C12H17NO2/c1-3-15-9-8-11-4-6-12(7-5-11)13-10(2)14/h4-7H,3,8-9H2,1-2H3,(H,13,14). The highest BCUT2D eigenvalue weighted by atomic mass is 16.5. The third kappa shape index (κ3) is 4.61. The molecular weight excluding hydrogens is 190 g/mol. The highest BCUT2D eigenvalue weighted by Crippen LogP contribution is 2.09. The second kappa shape index (κ2) is 6.19. The quantitative estimate of drug-likeness (QED) is 0.752. The van der Waals surface area contributed by atoms with Crippen molar-refractivity contribution in [1.82, 2.24) is 0 Å². The number of hydrogen-bond donors (Lipinski definition) is 1. The largest absolute Gasteiger partial charge is 0.381 e. The molecule has 0 unspecified atom stereocenters. The Morgan fingerprint density at radius 3 is 2.53 bits per heavy atom. The molecule has 0 fully saturated rings. The molecule has 0 aliphatic rings. The van der Waals surface area contributed by atoms with Crippen LogP contribution in [-0.4, -0.2) is 19.1 Å². The molecule has 1 N–H and O–H groups in total. The van der Waals surface area contributed by atoms with Crippen LogP contribution in [0.25, 0.3) is 0 Å². The third-order valence-corrected chi connectivity index (χ3v) is 2.01. The maximum Gasteiger partial charge on any atom is 0.221 e. The molecule has 0 saturated heterocycles.